The van der Waals surface area contributed by atoms with E-state index in [0.717, 1.165) is 77.6 Å². The molecule has 2 aromatic carbocycles. The Bertz CT molecular complexity index is 1940. The first-order valence-electron chi connectivity index (χ1n) is 15.2. The molecule has 0 spiro atoms. The number of aryl methyl sites for hydroxylation is 2. The van der Waals surface area contributed by atoms with Crippen molar-refractivity contribution in [2.75, 3.05) is 31.6 Å². The number of nitrogens with zero attached hydrogens (tertiary/aromatic N) is 7. The third kappa shape index (κ3) is 4.26. The number of imidazole rings is 1. The molecule has 0 radical (unpaired) electrons. The number of aromatic nitrogens is 5. The second kappa shape index (κ2) is 10.2. The molecular weight excluding hydrogens is 576 g/mol. The Morgan fingerprint density at radius 2 is 1.93 bits per heavy atom. The van der Waals surface area contributed by atoms with Gasteiger partial charge < -0.3 is 29.4 Å². The summed E-state index contributed by atoms with van der Waals surface area (Å²) in [5.74, 6) is 3.94. The van der Waals surface area contributed by atoms with E-state index in [0.29, 0.717) is 34.7 Å². The van der Waals surface area contributed by atoms with Crippen molar-refractivity contribution >= 4 is 45.3 Å². The summed E-state index contributed by atoms with van der Waals surface area (Å²) in [6.07, 6.45) is 3.87. The van der Waals surface area contributed by atoms with Gasteiger partial charge in [-0.15, -0.1) is 0 Å². The lowest BCUT2D eigenvalue weighted by Crippen LogP contribution is -2.49. The number of benzene rings is 2. The minimum atomic E-state index is -0.00187. The van der Waals surface area contributed by atoms with Gasteiger partial charge in [-0.05, 0) is 68.1 Å². The van der Waals surface area contributed by atoms with E-state index in [1.165, 1.54) is 0 Å². The van der Waals surface area contributed by atoms with E-state index in [-0.39, 0.29) is 18.0 Å². The Kier molecular flexibility index (Phi) is 6.36. The van der Waals surface area contributed by atoms with Crippen molar-refractivity contribution < 1.29 is 9.53 Å². The van der Waals surface area contributed by atoms with Gasteiger partial charge in [0, 0.05) is 78.9 Å². The van der Waals surface area contributed by atoms with E-state index in [1.807, 2.05) is 54.4 Å². The van der Waals surface area contributed by atoms with Crippen LogP contribution in [-0.4, -0.2) is 73.7 Å². The minimum absolute atomic E-state index is 0.00187. The topological polar surface area (TPSA) is 107 Å². The van der Waals surface area contributed by atoms with Gasteiger partial charge in [0.1, 0.15) is 22.9 Å². The van der Waals surface area contributed by atoms with Crippen LogP contribution in [-0.2, 0) is 13.6 Å². The molecule has 226 valence electrons. The monoisotopic (exact) mass is 610 g/mol. The maximum atomic E-state index is 13.8. The predicted octanol–water partition coefficient (Wildman–Crippen LogP) is 4.65. The highest BCUT2D eigenvalue weighted by Crippen LogP contribution is 2.40. The Morgan fingerprint density at radius 1 is 1.09 bits per heavy atom. The lowest BCUT2D eigenvalue weighted by molar-refractivity contribution is 0.0700. The Morgan fingerprint density at radius 3 is 2.66 bits per heavy atom. The van der Waals surface area contributed by atoms with Gasteiger partial charge in [-0.3, -0.25) is 4.79 Å². The number of piperidine rings is 1. The molecule has 3 fully saturated rings. The number of anilines is 1. The maximum absolute atomic E-state index is 13.8. The summed E-state index contributed by atoms with van der Waals surface area (Å²) in [5, 5.41) is 1.74. The largest absolute Gasteiger partial charge is 0.494 e. The number of methoxy groups -OCH3 is 1. The van der Waals surface area contributed by atoms with Crippen LogP contribution in [0.4, 0.5) is 5.82 Å². The van der Waals surface area contributed by atoms with Gasteiger partial charge in [0.2, 0.25) is 0 Å². The molecule has 2 unspecified atom stereocenters. The van der Waals surface area contributed by atoms with Gasteiger partial charge in [-0.1, -0.05) is 11.6 Å². The Hall–Kier alpha value is -4.15. The quantitative estimate of drug-likeness (QED) is 0.298. The molecule has 8 rings (SSSR count). The summed E-state index contributed by atoms with van der Waals surface area (Å²) in [6, 6.07) is 14.0. The summed E-state index contributed by atoms with van der Waals surface area (Å²) in [6.45, 7) is 5.11. The highest BCUT2D eigenvalue weighted by molar-refractivity contribution is 6.31. The minimum Gasteiger partial charge on any atom is -0.494 e. The molecule has 1 amide bonds. The van der Waals surface area contributed by atoms with Crippen LogP contribution in [0.25, 0.3) is 33.5 Å². The number of hydrogen-bond acceptors (Lipinski definition) is 7. The van der Waals surface area contributed by atoms with Crippen LogP contribution in [0.2, 0.25) is 5.02 Å². The van der Waals surface area contributed by atoms with Gasteiger partial charge in [-0.2, -0.15) is 0 Å². The summed E-state index contributed by atoms with van der Waals surface area (Å²) in [5.41, 5.74) is 10.7. The third-order valence-corrected chi connectivity index (χ3v) is 10.1. The lowest BCUT2D eigenvalue weighted by atomic mass is 9.99. The fourth-order valence-electron chi connectivity index (χ4n) is 7.62. The molecule has 3 aromatic heterocycles. The van der Waals surface area contributed by atoms with Crippen molar-refractivity contribution in [1.29, 1.82) is 0 Å². The molecule has 2 N–H and O–H groups in total. The number of halogens is 1. The molecule has 2 bridgehead atoms. The number of carbonyl (C=O) groups excluding carboxylic acids is 1. The standard InChI is InChI=1S/C33H35ClN8O2/c1-18-36-9-8-29(37-18)40-14-19(15-40)16-42-31-24(38-32(42)27-12-21-10-23(34)5-7-25(21)39(27)2)11-22(13-28(31)44-3)33(43)41-17-20-4-6-26(41)30(20)35/h5,7-13,19-20,26,30H,4,6,14-17,35H2,1-3H3/t20?,26?,30-/m1/s1. The molecular formula is C33H35ClN8O2. The first-order chi connectivity index (χ1) is 21.3. The van der Waals surface area contributed by atoms with Crippen LogP contribution < -0.4 is 15.4 Å². The van der Waals surface area contributed by atoms with E-state index in [1.54, 1.807) is 7.11 Å². The first kappa shape index (κ1) is 27.4. The molecule has 3 aliphatic rings. The van der Waals surface area contributed by atoms with Crippen molar-refractivity contribution in [2.45, 2.75) is 38.4 Å². The second-order valence-corrected chi connectivity index (χ2v) is 13.0. The number of amides is 1. The zero-order valence-electron chi connectivity index (χ0n) is 25.1. The fraction of sp³-hybridized carbons (Fsp3) is 0.394. The summed E-state index contributed by atoms with van der Waals surface area (Å²) < 4.78 is 10.4. The van der Waals surface area contributed by atoms with Crippen LogP contribution in [0.3, 0.4) is 0 Å². The molecule has 1 saturated carbocycles. The van der Waals surface area contributed by atoms with Gasteiger partial charge in [-0.25, -0.2) is 15.0 Å². The molecule has 10 nitrogen and oxygen atoms in total. The van der Waals surface area contributed by atoms with E-state index in [2.05, 4.69) is 37.1 Å². The molecule has 3 atom stereocenters. The number of carbonyl (C=O) groups is 1. The third-order valence-electron chi connectivity index (χ3n) is 9.90. The van der Waals surface area contributed by atoms with Gasteiger partial charge >= 0.3 is 0 Å². The van der Waals surface area contributed by atoms with Crippen molar-refractivity contribution in [3.8, 4) is 17.3 Å². The van der Waals surface area contributed by atoms with Gasteiger partial charge in [0.05, 0.1) is 18.3 Å². The van der Waals surface area contributed by atoms with Crippen molar-refractivity contribution in [2.24, 2.45) is 24.6 Å². The summed E-state index contributed by atoms with van der Waals surface area (Å²) in [7, 11) is 3.71. The average molecular weight is 611 g/mol. The van der Waals surface area contributed by atoms with Crippen LogP contribution in [0, 0.1) is 18.8 Å². The summed E-state index contributed by atoms with van der Waals surface area (Å²) >= 11 is 6.36. The summed E-state index contributed by atoms with van der Waals surface area (Å²) in [4.78, 5) is 32.1. The maximum Gasteiger partial charge on any atom is 0.254 e. The van der Waals surface area contributed by atoms with Crippen LogP contribution in [0.1, 0.15) is 29.0 Å². The fourth-order valence-corrected chi connectivity index (χ4v) is 7.80. The van der Waals surface area contributed by atoms with Gasteiger partial charge in [0.15, 0.2) is 5.82 Å². The van der Waals surface area contributed by atoms with E-state index >= 15 is 0 Å². The molecule has 5 aromatic rings. The number of likely N-dealkylation sites (tertiary alicyclic amines) is 1. The smallest absolute Gasteiger partial charge is 0.254 e. The molecule has 44 heavy (non-hydrogen) atoms. The van der Waals surface area contributed by atoms with E-state index in [9.17, 15) is 4.79 Å². The highest BCUT2D eigenvalue weighted by Gasteiger charge is 2.47. The van der Waals surface area contributed by atoms with Crippen molar-refractivity contribution in [1.82, 2.24) is 29.0 Å². The molecule has 5 heterocycles. The zero-order valence-corrected chi connectivity index (χ0v) is 25.8. The Balaban J connectivity index is 1.21. The van der Waals surface area contributed by atoms with Crippen LogP contribution in [0.15, 0.2) is 48.7 Å². The number of nitrogens with two attached hydrogens (primary N) is 1. The van der Waals surface area contributed by atoms with E-state index in [4.69, 9.17) is 27.1 Å². The molecule has 2 saturated heterocycles. The normalized spacial score (nSPS) is 21.5. The molecule has 1 aliphatic carbocycles. The lowest BCUT2D eigenvalue weighted by Gasteiger charge is -2.40. The van der Waals surface area contributed by atoms with Crippen LogP contribution in [0.5, 0.6) is 5.75 Å². The van der Waals surface area contributed by atoms with Crippen molar-refractivity contribution in [3.63, 3.8) is 0 Å². The number of fused-ring (bicyclic) bond motifs is 4. The molecule has 11 heteroatoms. The molecule has 2 aliphatic heterocycles. The highest BCUT2D eigenvalue weighted by atomic mass is 35.5. The predicted molar refractivity (Wildman–Crippen MR) is 171 cm³/mol. The van der Waals surface area contributed by atoms with Gasteiger partial charge in [0.25, 0.3) is 5.91 Å². The van der Waals surface area contributed by atoms with E-state index < -0.39 is 0 Å². The van der Waals surface area contributed by atoms with Crippen LogP contribution >= 0.6 is 11.6 Å². The number of hydrogen-bond donors (Lipinski definition) is 1. The zero-order chi connectivity index (χ0) is 30.3. The second-order valence-electron chi connectivity index (χ2n) is 12.6. The number of rotatable bonds is 6. The number of ether oxygens (including phenoxy) is 1. The van der Waals surface area contributed by atoms with Crippen molar-refractivity contribution in [3.05, 3.63) is 65.1 Å². The average Bonchev–Trinajstić information content (AvgIpc) is 3.73. The Labute approximate surface area is 260 Å². The SMILES string of the molecule is COc1cc(C(=O)N2CC3CCC2[C@@H]3N)cc2nc(-c3cc4cc(Cl)ccc4n3C)n(CC3CN(c4ccnc(C)n4)C3)c12. The first-order valence-corrected chi connectivity index (χ1v) is 15.6.